The van der Waals surface area contributed by atoms with E-state index in [4.69, 9.17) is 0 Å². The molecule has 4 fully saturated rings. The van der Waals surface area contributed by atoms with E-state index in [-0.39, 0.29) is 11.2 Å². The molecule has 0 aromatic heterocycles. The molecule has 0 heterocycles. The van der Waals surface area contributed by atoms with Gasteiger partial charge in [-0.25, -0.2) is 0 Å². The molecule has 4 rings (SSSR count). The van der Waals surface area contributed by atoms with Crippen LogP contribution in [-0.4, -0.2) is 17.0 Å². The highest BCUT2D eigenvalue weighted by molar-refractivity contribution is 5.84. The highest BCUT2D eigenvalue weighted by atomic mass is 16.3. The molecule has 7 atom stereocenters. The molecule has 0 bridgehead atoms. The van der Waals surface area contributed by atoms with Crippen molar-refractivity contribution in [3.8, 4) is 0 Å². The summed E-state index contributed by atoms with van der Waals surface area (Å²) in [6, 6.07) is 0. The summed E-state index contributed by atoms with van der Waals surface area (Å²) in [5.74, 6) is 3.07. The van der Waals surface area contributed by atoms with Gasteiger partial charge in [0.2, 0.25) is 0 Å². The second-order valence-corrected chi connectivity index (χ2v) is 10.4. The minimum Gasteiger partial charge on any atom is -0.385 e. The summed E-state index contributed by atoms with van der Waals surface area (Å²) in [5, 5.41) is 10.0. The smallest absolute Gasteiger partial charge is 0.161 e. The van der Waals surface area contributed by atoms with E-state index in [1.165, 1.54) is 38.5 Å². The molecule has 0 saturated heterocycles. The van der Waals surface area contributed by atoms with Crippen molar-refractivity contribution in [2.75, 3.05) is 0 Å². The van der Waals surface area contributed by atoms with E-state index in [2.05, 4.69) is 27.7 Å². The Hall–Kier alpha value is -0.370. The molecule has 1 N–H and O–H groups in total. The lowest BCUT2D eigenvalue weighted by Crippen LogP contribution is -2.56. The first-order valence-electron chi connectivity index (χ1n) is 9.90. The number of fused-ring (bicyclic) bond motifs is 5. The SMILES string of the molecule is CC1(C)CC[C@H]2[C@@H]3CCC4CC(O)C(=O)C[C@]4(C)[C@@H]3CC[C@@]21C. The van der Waals surface area contributed by atoms with Gasteiger partial charge in [-0.05, 0) is 84.9 Å². The summed E-state index contributed by atoms with van der Waals surface area (Å²) < 4.78 is 0. The maximum Gasteiger partial charge on any atom is 0.161 e. The van der Waals surface area contributed by atoms with Crippen LogP contribution in [0.15, 0.2) is 0 Å². The third kappa shape index (κ3) is 2.00. The third-order valence-electron chi connectivity index (χ3n) is 9.52. The van der Waals surface area contributed by atoms with Gasteiger partial charge in [0.15, 0.2) is 5.78 Å². The minimum absolute atomic E-state index is 0.115. The zero-order chi connectivity index (χ0) is 16.6. The molecule has 2 nitrogen and oxygen atoms in total. The van der Waals surface area contributed by atoms with Gasteiger partial charge in [-0.3, -0.25) is 4.79 Å². The Kier molecular flexibility index (Phi) is 3.39. The van der Waals surface area contributed by atoms with E-state index in [9.17, 15) is 9.90 Å². The van der Waals surface area contributed by atoms with Crippen molar-refractivity contribution in [3.05, 3.63) is 0 Å². The summed E-state index contributed by atoms with van der Waals surface area (Å²) in [4.78, 5) is 12.3. The molecular weight excluding hydrogens is 284 g/mol. The van der Waals surface area contributed by atoms with E-state index in [1.54, 1.807) is 0 Å². The van der Waals surface area contributed by atoms with Gasteiger partial charge in [-0.1, -0.05) is 27.7 Å². The fourth-order valence-corrected chi connectivity index (χ4v) is 7.59. The van der Waals surface area contributed by atoms with Crippen LogP contribution in [0.2, 0.25) is 0 Å². The molecule has 2 unspecified atom stereocenters. The summed E-state index contributed by atoms with van der Waals surface area (Å²) in [6.45, 7) is 9.93. The number of carbonyl (C=O) groups is 1. The van der Waals surface area contributed by atoms with Crippen LogP contribution in [0.25, 0.3) is 0 Å². The molecule has 2 heteroatoms. The van der Waals surface area contributed by atoms with E-state index >= 15 is 0 Å². The normalized spacial score (nSPS) is 55.0. The molecule has 0 radical (unpaired) electrons. The van der Waals surface area contributed by atoms with Crippen LogP contribution >= 0.6 is 0 Å². The summed E-state index contributed by atoms with van der Waals surface area (Å²) in [6.07, 6.45) is 8.65. The van der Waals surface area contributed by atoms with Crippen LogP contribution in [0.5, 0.6) is 0 Å². The molecule has 130 valence electrons. The van der Waals surface area contributed by atoms with Gasteiger partial charge in [0.05, 0.1) is 0 Å². The van der Waals surface area contributed by atoms with Crippen LogP contribution in [0.3, 0.4) is 0 Å². The number of rotatable bonds is 0. The fourth-order valence-electron chi connectivity index (χ4n) is 7.59. The average Bonchev–Trinajstić information content (AvgIpc) is 2.71. The van der Waals surface area contributed by atoms with E-state index in [0.717, 1.165) is 18.3 Å². The first-order valence-corrected chi connectivity index (χ1v) is 9.90. The van der Waals surface area contributed by atoms with Crippen molar-refractivity contribution in [3.63, 3.8) is 0 Å². The maximum atomic E-state index is 12.3. The molecule has 0 spiro atoms. The van der Waals surface area contributed by atoms with Gasteiger partial charge in [-0.15, -0.1) is 0 Å². The van der Waals surface area contributed by atoms with Crippen LogP contribution in [0, 0.1) is 39.9 Å². The molecular formula is C21H34O2. The predicted octanol–water partition coefficient (Wildman–Crippen LogP) is 4.60. The Labute approximate surface area is 141 Å². The Morgan fingerprint density at radius 3 is 2.39 bits per heavy atom. The van der Waals surface area contributed by atoms with Crippen molar-refractivity contribution in [2.24, 2.45) is 39.9 Å². The van der Waals surface area contributed by atoms with Gasteiger partial charge < -0.3 is 5.11 Å². The molecule has 0 aromatic rings. The number of ketones is 1. The van der Waals surface area contributed by atoms with Gasteiger partial charge in [0, 0.05) is 6.42 Å². The van der Waals surface area contributed by atoms with Crippen LogP contribution in [0.1, 0.15) is 79.1 Å². The standard InChI is InChI=1S/C21H34O2/c1-19(2)9-7-16-14-6-5-13-11-17(22)18(23)12-20(13,3)15(14)8-10-21(16,19)4/h13-17,22H,5-12H2,1-4H3/t13?,14-,15-,16+,17?,20+,21+/m1/s1. The van der Waals surface area contributed by atoms with Crippen LogP contribution in [-0.2, 0) is 4.79 Å². The van der Waals surface area contributed by atoms with E-state index in [0.29, 0.717) is 29.1 Å². The minimum atomic E-state index is -0.677. The fraction of sp³-hybridized carbons (Fsp3) is 0.952. The molecule has 0 amide bonds. The Morgan fingerprint density at radius 1 is 0.957 bits per heavy atom. The van der Waals surface area contributed by atoms with Crippen LogP contribution < -0.4 is 0 Å². The number of aliphatic hydroxyl groups excluding tert-OH is 1. The molecule has 0 aliphatic heterocycles. The van der Waals surface area contributed by atoms with E-state index < -0.39 is 6.10 Å². The lowest BCUT2D eigenvalue weighted by molar-refractivity contribution is -0.157. The van der Waals surface area contributed by atoms with Crippen LogP contribution in [0.4, 0.5) is 0 Å². The largest absolute Gasteiger partial charge is 0.385 e. The van der Waals surface area contributed by atoms with E-state index in [1.807, 2.05) is 0 Å². The second-order valence-electron chi connectivity index (χ2n) is 10.4. The van der Waals surface area contributed by atoms with Gasteiger partial charge in [0.1, 0.15) is 6.10 Å². The van der Waals surface area contributed by atoms with Gasteiger partial charge in [-0.2, -0.15) is 0 Å². The molecule has 4 saturated carbocycles. The topological polar surface area (TPSA) is 37.3 Å². The molecule has 23 heavy (non-hydrogen) atoms. The summed E-state index contributed by atoms with van der Waals surface area (Å²) in [7, 11) is 0. The number of hydrogen-bond acceptors (Lipinski definition) is 2. The Bertz CT molecular complexity index is 524. The van der Waals surface area contributed by atoms with Gasteiger partial charge >= 0.3 is 0 Å². The molecule has 0 aromatic carbocycles. The summed E-state index contributed by atoms with van der Waals surface area (Å²) >= 11 is 0. The molecule has 4 aliphatic rings. The zero-order valence-corrected chi connectivity index (χ0v) is 15.4. The highest BCUT2D eigenvalue weighted by Crippen LogP contribution is 2.69. The first-order chi connectivity index (χ1) is 10.7. The maximum absolute atomic E-state index is 12.3. The Morgan fingerprint density at radius 2 is 1.65 bits per heavy atom. The van der Waals surface area contributed by atoms with Gasteiger partial charge in [0.25, 0.3) is 0 Å². The highest BCUT2D eigenvalue weighted by Gasteiger charge is 2.62. The van der Waals surface area contributed by atoms with Crippen molar-refractivity contribution in [1.82, 2.24) is 0 Å². The Balaban J connectivity index is 1.66. The molecule has 4 aliphatic carbocycles. The van der Waals surface area contributed by atoms with Crippen molar-refractivity contribution in [2.45, 2.75) is 85.2 Å². The zero-order valence-electron chi connectivity index (χ0n) is 15.4. The number of Topliss-reactive ketones (excluding diaryl/α,β-unsaturated/α-hetero) is 1. The average molecular weight is 319 g/mol. The quantitative estimate of drug-likeness (QED) is 0.709. The lowest BCUT2D eigenvalue weighted by Gasteiger charge is -2.61. The second kappa shape index (κ2) is 4.84. The number of aliphatic hydroxyl groups is 1. The van der Waals surface area contributed by atoms with Crippen molar-refractivity contribution in [1.29, 1.82) is 0 Å². The number of carbonyl (C=O) groups excluding carboxylic acids is 1. The summed E-state index contributed by atoms with van der Waals surface area (Å²) in [5.41, 5.74) is 1.13. The monoisotopic (exact) mass is 318 g/mol. The predicted molar refractivity (Wildman–Crippen MR) is 91.9 cm³/mol. The number of hydrogen-bond donors (Lipinski definition) is 1. The lowest BCUT2D eigenvalue weighted by atomic mass is 9.43. The van der Waals surface area contributed by atoms with Crippen molar-refractivity contribution < 1.29 is 9.90 Å². The third-order valence-corrected chi connectivity index (χ3v) is 9.52. The first kappa shape index (κ1) is 16.1. The van der Waals surface area contributed by atoms with Crippen molar-refractivity contribution >= 4 is 5.78 Å².